The predicted molar refractivity (Wildman–Crippen MR) is 78.3 cm³/mol. The number of para-hydroxylation sites is 1. The quantitative estimate of drug-likeness (QED) is 0.893. The first-order valence-electron chi connectivity index (χ1n) is 7.07. The van der Waals surface area contributed by atoms with E-state index in [-0.39, 0.29) is 17.8 Å². The maximum absolute atomic E-state index is 13.5. The van der Waals surface area contributed by atoms with Gasteiger partial charge < -0.3 is 15.5 Å². The fraction of sp³-hybridized carbons (Fsp3) is 0.533. The molecule has 5 heteroatoms. The number of carbonyl (C=O) groups excluding carboxylic acids is 1. The minimum Gasteiger partial charge on any atom is -0.325 e. The number of nitrogens with zero attached hydrogens (tertiary/aromatic N) is 1. The summed E-state index contributed by atoms with van der Waals surface area (Å²) < 4.78 is 13.5. The molecule has 2 rings (SSSR count). The molecule has 2 amide bonds. The van der Waals surface area contributed by atoms with E-state index in [1.165, 1.54) is 6.07 Å². The molecule has 0 spiro atoms. The zero-order valence-electron chi connectivity index (χ0n) is 12.0. The highest BCUT2D eigenvalue weighted by Gasteiger charge is 2.26. The Kier molecular flexibility index (Phi) is 4.95. The van der Waals surface area contributed by atoms with Gasteiger partial charge in [0.25, 0.3) is 0 Å². The van der Waals surface area contributed by atoms with Crippen molar-refractivity contribution >= 4 is 11.7 Å². The minimum absolute atomic E-state index is 0.228. The third kappa shape index (κ3) is 3.48. The van der Waals surface area contributed by atoms with Crippen LogP contribution >= 0.6 is 0 Å². The molecule has 0 saturated heterocycles. The van der Waals surface area contributed by atoms with Crippen molar-refractivity contribution in [3.63, 3.8) is 0 Å². The normalized spacial score (nSPS) is 22.4. The van der Waals surface area contributed by atoms with Gasteiger partial charge in [0.2, 0.25) is 0 Å². The summed E-state index contributed by atoms with van der Waals surface area (Å²) in [4.78, 5) is 13.8. The van der Waals surface area contributed by atoms with Gasteiger partial charge in [-0.3, -0.25) is 0 Å². The third-order valence-corrected chi connectivity index (χ3v) is 4.09. The van der Waals surface area contributed by atoms with Gasteiger partial charge in [0.1, 0.15) is 5.82 Å². The number of nitrogens with one attached hydrogen (secondary N) is 2. The van der Waals surface area contributed by atoms with E-state index < -0.39 is 5.82 Å². The number of rotatable bonds is 3. The zero-order chi connectivity index (χ0) is 14.5. The lowest BCUT2D eigenvalue weighted by Gasteiger charge is -2.34. The Bertz CT molecular complexity index is 458. The number of halogens is 1. The van der Waals surface area contributed by atoms with Crippen molar-refractivity contribution < 1.29 is 9.18 Å². The van der Waals surface area contributed by atoms with Gasteiger partial charge in [0.05, 0.1) is 5.69 Å². The Morgan fingerprint density at radius 1 is 1.25 bits per heavy atom. The molecule has 1 aliphatic rings. The lowest BCUT2D eigenvalue weighted by Crippen LogP contribution is -2.44. The maximum Gasteiger partial charge on any atom is 0.321 e. The fourth-order valence-corrected chi connectivity index (χ4v) is 2.68. The highest BCUT2D eigenvalue weighted by Crippen LogP contribution is 2.23. The first kappa shape index (κ1) is 14.8. The average Bonchev–Trinajstić information content (AvgIpc) is 2.49. The smallest absolute Gasteiger partial charge is 0.321 e. The molecule has 0 unspecified atom stereocenters. The summed E-state index contributed by atoms with van der Waals surface area (Å²) in [7, 11) is 3.75. The summed E-state index contributed by atoms with van der Waals surface area (Å²) in [5, 5.41) is 5.90. The second kappa shape index (κ2) is 6.70. The molecule has 0 atom stereocenters. The molecule has 0 aromatic heterocycles. The van der Waals surface area contributed by atoms with Gasteiger partial charge in [-0.1, -0.05) is 12.1 Å². The molecule has 20 heavy (non-hydrogen) atoms. The number of carbonyl (C=O) groups is 1. The standard InChI is InChI=1S/C15H22FN3O/c1-17-11-7-9-12(10-8-11)19(2)15(20)18-14-6-4-3-5-13(14)16/h3-6,11-12,17H,7-10H2,1-2H3,(H,18,20). The Morgan fingerprint density at radius 3 is 2.50 bits per heavy atom. The third-order valence-electron chi connectivity index (χ3n) is 4.09. The number of hydrogen-bond donors (Lipinski definition) is 2. The van der Waals surface area contributed by atoms with Crippen LogP contribution in [0, 0.1) is 5.82 Å². The van der Waals surface area contributed by atoms with Crippen molar-refractivity contribution in [2.75, 3.05) is 19.4 Å². The summed E-state index contributed by atoms with van der Waals surface area (Å²) >= 11 is 0. The van der Waals surface area contributed by atoms with E-state index in [1.54, 1.807) is 30.1 Å². The molecular formula is C15H22FN3O. The van der Waals surface area contributed by atoms with Gasteiger partial charge in [0, 0.05) is 19.1 Å². The van der Waals surface area contributed by atoms with E-state index in [0.29, 0.717) is 6.04 Å². The van der Waals surface area contributed by atoms with Crippen LogP contribution in [0.25, 0.3) is 0 Å². The van der Waals surface area contributed by atoms with Crippen LogP contribution in [0.4, 0.5) is 14.9 Å². The van der Waals surface area contributed by atoms with E-state index in [0.717, 1.165) is 25.7 Å². The van der Waals surface area contributed by atoms with Crippen molar-refractivity contribution in [3.05, 3.63) is 30.1 Å². The number of benzene rings is 1. The molecule has 4 nitrogen and oxygen atoms in total. The van der Waals surface area contributed by atoms with E-state index in [9.17, 15) is 9.18 Å². The van der Waals surface area contributed by atoms with Crippen molar-refractivity contribution in [3.8, 4) is 0 Å². The molecule has 1 aromatic rings. The van der Waals surface area contributed by atoms with Crippen LogP contribution in [-0.4, -0.2) is 37.1 Å². The fourth-order valence-electron chi connectivity index (χ4n) is 2.68. The van der Waals surface area contributed by atoms with Crippen molar-refractivity contribution in [1.82, 2.24) is 10.2 Å². The molecule has 1 fully saturated rings. The lowest BCUT2D eigenvalue weighted by atomic mass is 9.90. The summed E-state index contributed by atoms with van der Waals surface area (Å²) in [6.07, 6.45) is 4.09. The second-order valence-corrected chi connectivity index (χ2v) is 5.32. The number of hydrogen-bond acceptors (Lipinski definition) is 2. The van der Waals surface area contributed by atoms with Crippen LogP contribution in [0.5, 0.6) is 0 Å². The van der Waals surface area contributed by atoms with Crippen LogP contribution in [0.2, 0.25) is 0 Å². The van der Waals surface area contributed by atoms with Crippen LogP contribution in [0.15, 0.2) is 24.3 Å². The molecule has 0 bridgehead atoms. The molecule has 1 saturated carbocycles. The van der Waals surface area contributed by atoms with Gasteiger partial charge in [-0.15, -0.1) is 0 Å². The second-order valence-electron chi connectivity index (χ2n) is 5.32. The SMILES string of the molecule is CNC1CCC(N(C)C(=O)Nc2ccccc2F)CC1. The maximum atomic E-state index is 13.5. The van der Waals surface area contributed by atoms with E-state index in [2.05, 4.69) is 10.6 Å². The molecule has 1 aliphatic carbocycles. The lowest BCUT2D eigenvalue weighted by molar-refractivity contribution is 0.178. The Hall–Kier alpha value is -1.62. The Morgan fingerprint density at radius 2 is 1.90 bits per heavy atom. The molecule has 0 radical (unpaired) electrons. The number of amides is 2. The van der Waals surface area contributed by atoms with E-state index >= 15 is 0 Å². The van der Waals surface area contributed by atoms with Gasteiger partial charge >= 0.3 is 6.03 Å². The summed E-state index contributed by atoms with van der Waals surface area (Å²) in [5.74, 6) is -0.409. The van der Waals surface area contributed by atoms with E-state index in [1.807, 2.05) is 7.05 Å². The van der Waals surface area contributed by atoms with Gasteiger partial charge in [-0.05, 0) is 44.9 Å². The molecule has 110 valence electrons. The van der Waals surface area contributed by atoms with Crippen molar-refractivity contribution in [2.45, 2.75) is 37.8 Å². The van der Waals surface area contributed by atoms with Crippen LogP contribution < -0.4 is 10.6 Å². The van der Waals surface area contributed by atoms with Crippen LogP contribution in [-0.2, 0) is 0 Å². The van der Waals surface area contributed by atoms with Crippen LogP contribution in [0.1, 0.15) is 25.7 Å². The predicted octanol–water partition coefficient (Wildman–Crippen LogP) is 2.82. The van der Waals surface area contributed by atoms with Crippen molar-refractivity contribution in [2.24, 2.45) is 0 Å². The van der Waals surface area contributed by atoms with E-state index in [4.69, 9.17) is 0 Å². The topological polar surface area (TPSA) is 44.4 Å². The molecule has 2 N–H and O–H groups in total. The largest absolute Gasteiger partial charge is 0.325 e. The molecule has 1 aromatic carbocycles. The van der Waals surface area contributed by atoms with Gasteiger partial charge in [-0.25, -0.2) is 9.18 Å². The first-order chi connectivity index (χ1) is 9.61. The zero-order valence-corrected chi connectivity index (χ0v) is 12.0. The monoisotopic (exact) mass is 279 g/mol. The Balaban J connectivity index is 1.91. The average molecular weight is 279 g/mol. The molecule has 0 heterocycles. The molecule has 0 aliphatic heterocycles. The van der Waals surface area contributed by atoms with Gasteiger partial charge in [0.15, 0.2) is 0 Å². The summed E-state index contributed by atoms with van der Waals surface area (Å²) in [6.45, 7) is 0. The number of anilines is 1. The van der Waals surface area contributed by atoms with Gasteiger partial charge in [-0.2, -0.15) is 0 Å². The summed E-state index contributed by atoms with van der Waals surface area (Å²) in [5.41, 5.74) is 0.230. The highest BCUT2D eigenvalue weighted by molar-refractivity contribution is 5.89. The van der Waals surface area contributed by atoms with Crippen LogP contribution in [0.3, 0.4) is 0 Å². The first-order valence-corrected chi connectivity index (χ1v) is 7.07. The highest BCUT2D eigenvalue weighted by atomic mass is 19.1. The number of urea groups is 1. The Labute approximate surface area is 119 Å². The minimum atomic E-state index is -0.409. The summed E-state index contributed by atoms with van der Waals surface area (Å²) in [6, 6.07) is 6.75. The molecular weight excluding hydrogens is 257 g/mol. The van der Waals surface area contributed by atoms with Crippen molar-refractivity contribution in [1.29, 1.82) is 0 Å².